The molecule has 0 bridgehead atoms. The first-order valence-electron chi connectivity index (χ1n) is 15.8. The number of carbonyl (C=O) groups excluding carboxylic acids is 2. The summed E-state index contributed by atoms with van der Waals surface area (Å²) in [6.45, 7) is 0.821. The van der Waals surface area contributed by atoms with E-state index >= 15 is 0 Å². The standard InChI is InChI=1S/C38H40Cl2N2O6/c1-45-29-15-5-23(21-31(29)47-3)17-19-41-37(43)35-33(25-7-11-27(39)12-8-25)36(34(35)26-9-13-28(40)14-10-26)38(44)42-20-18-24-6-16-30(46-2)32(22-24)48-4/h5-16,21-22,33-36H,17-20H2,1-4H3,(H,41,43)(H,42,44). The van der Waals surface area contributed by atoms with Gasteiger partial charge in [0, 0.05) is 35.0 Å². The van der Waals surface area contributed by atoms with Crippen LogP contribution in [0.25, 0.3) is 0 Å². The van der Waals surface area contributed by atoms with Crippen molar-refractivity contribution in [3.05, 3.63) is 117 Å². The first-order chi connectivity index (χ1) is 23.3. The van der Waals surface area contributed by atoms with E-state index in [9.17, 15) is 9.59 Å². The number of methoxy groups -OCH3 is 4. The predicted molar refractivity (Wildman–Crippen MR) is 188 cm³/mol. The van der Waals surface area contributed by atoms with E-state index in [4.69, 9.17) is 42.1 Å². The van der Waals surface area contributed by atoms with Crippen LogP contribution in [0.3, 0.4) is 0 Å². The Bertz CT molecular complexity index is 1580. The van der Waals surface area contributed by atoms with E-state index in [0.29, 0.717) is 59.0 Å². The topological polar surface area (TPSA) is 95.1 Å². The second-order valence-corrected chi connectivity index (χ2v) is 12.5. The van der Waals surface area contributed by atoms with E-state index in [1.807, 2.05) is 60.7 Å². The van der Waals surface area contributed by atoms with Crippen LogP contribution in [0.4, 0.5) is 0 Å². The number of benzene rings is 4. The van der Waals surface area contributed by atoms with Crippen LogP contribution in [0.1, 0.15) is 34.1 Å². The van der Waals surface area contributed by atoms with Crippen molar-refractivity contribution in [3.63, 3.8) is 0 Å². The summed E-state index contributed by atoms with van der Waals surface area (Å²) in [7, 11) is 6.38. The van der Waals surface area contributed by atoms with Gasteiger partial charge in [0.15, 0.2) is 23.0 Å². The maximum absolute atomic E-state index is 14.1. The van der Waals surface area contributed by atoms with Crippen molar-refractivity contribution >= 4 is 35.0 Å². The molecule has 4 aromatic carbocycles. The van der Waals surface area contributed by atoms with Crippen molar-refractivity contribution in [3.8, 4) is 23.0 Å². The zero-order chi connectivity index (χ0) is 34.2. The Kier molecular flexibility index (Phi) is 11.7. The van der Waals surface area contributed by atoms with Gasteiger partial charge in [-0.15, -0.1) is 0 Å². The third-order valence-electron chi connectivity index (χ3n) is 8.98. The summed E-state index contributed by atoms with van der Waals surface area (Å²) in [6.07, 6.45) is 1.19. The van der Waals surface area contributed by atoms with Crippen molar-refractivity contribution in [2.45, 2.75) is 24.7 Å². The fourth-order valence-electron chi connectivity index (χ4n) is 6.57. The SMILES string of the molecule is COc1ccc(CCNC(=O)C2C(c3ccc(Cl)cc3)C(C(=O)NCCc3ccc(OC)c(OC)c3)C2c2ccc(Cl)cc2)cc1OC. The summed E-state index contributed by atoms with van der Waals surface area (Å²) in [6, 6.07) is 26.2. The number of amides is 2. The van der Waals surface area contributed by atoms with Crippen LogP contribution in [0.15, 0.2) is 84.9 Å². The van der Waals surface area contributed by atoms with Crippen LogP contribution in [0, 0.1) is 11.8 Å². The van der Waals surface area contributed by atoms with Crippen molar-refractivity contribution in [2.24, 2.45) is 11.8 Å². The molecule has 1 saturated carbocycles. The molecular formula is C38H40Cl2N2O6. The molecule has 10 heteroatoms. The van der Waals surface area contributed by atoms with Gasteiger partial charge in [0.05, 0.1) is 40.3 Å². The quantitative estimate of drug-likeness (QED) is 0.150. The lowest BCUT2D eigenvalue weighted by atomic mass is 9.52. The van der Waals surface area contributed by atoms with Gasteiger partial charge in [0.25, 0.3) is 0 Å². The average molecular weight is 692 g/mol. The molecule has 4 aromatic rings. The third-order valence-corrected chi connectivity index (χ3v) is 9.49. The largest absolute Gasteiger partial charge is 0.493 e. The minimum absolute atomic E-state index is 0.121. The highest BCUT2D eigenvalue weighted by Gasteiger charge is 2.57. The van der Waals surface area contributed by atoms with E-state index in [2.05, 4.69) is 10.6 Å². The molecule has 0 aliphatic heterocycles. The van der Waals surface area contributed by atoms with E-state index < -0.39 is 11.8 Å². The number of carbonyl (C=O) groups is 2. The van der Waals surface area contributed by atoms with Gasteiger partial charge < -0.3 is 29.6 Å². The van der Waals surface area contributed by atoms with Crippen LogP contribution < -0.4 is 29.6 Å². The van der Waals surface area contributed by atoms with E-state index in [1.54, 1.807) is 52.7 Å². The second-order valence-electron chi connectivity index (χ2n) is 11.7. The van der Waals surface area contributed by atoms with E-state index in [1.165, 1.54) is 0 Å². The lowest BCUT2D eigenvalue weighted by Gasteiger charge is -2.50. The first kappa shape index (κ1) is 34.9. The van der Waals surface area contributed by atoms with Crippen LogP contribution in [0.5, 0.6) is 23.0 Å². The van der Waals surface area contributed by atoms with Crippen molar-refractivity contribution in [2.75, 3.05) is 41.5 Å². The Morgan fingerprint density at radius 1 is 0.542 bits per heavy atom. The van der Waals surface area contributed by atoms with Gasteiger partial charge in [-0.05, 0) is 83.6 Å². The summed E-state index contributed by atoms with van der Waals surface area (Å²) in [5, 5.41) is 7.46. The monoisotopic (exact) mass is 690 g/mol. The number of hydrogen-bond acceptors (Lipinski definition) is 6. The summed E-state index contributed by atoms with van der Waals surface area (Å²) in [5.74, 6) is 0.564. The molecule has 1 aliphatic carbocycles. The van der Waals surface area contributed by atoms with Crippen molar-refractivity contribution in [1.82, 2.24) is 10.6 Å². The Hall–Kier alpha value is -4.40. The fraction of sp³-hybridized carbons (Fsp3) is 0.316. The number of nitrogens with one attached hydrogen (secondary N) is 2. The van der Waals surface area contributed by atoms with Gasteiger partial charge in [-0.1, -0.05) is 59.6 Å². The zero-order valence-electron chi connectivity index (χ0n) is 27.4. The summed E-state index contributed by atoms with van der Waals surface area (Å²) >= 11 is 12.5. The average Bonchev–Trinajstić information content (AvgIpc) is 3.09. The van der Waals surface area contributed by atoms with E-state index in [-0.39, 0.29) is 23.7 Å². The smallest absolute Gasteiger partial charge is 0.224 e. The van der Waals surface area contributed by atoms with Crippen molar-refractivity contribution < 1.29 is 28.5 Å². The maximum atomic E-state index is 14.1. The van der Waals surface area contributed by atoms with Gasteiger partial charge in [-0.3, -0.25) is 9.59 Å². The number of hydrogen-bond donors (Lipinski definition) is 2. The summed E-state index contributed by atoms with van der Waals surface area (Å²) < 4.78 is 21.6. The second kappa shape index (κ2) is 16.1. The molecule has 8 nitrogen and oxygen atoms in total. The molecule has 0 atom stereocenters. The first-order valence-corrected chi connectivity index (χ1v) is 16.5. The minimum atomic E-state index is -0.501. The number of ether oxygens (including phenoxy) is 4. The van der Waals surface area contributed by atoms with Gasteiger partial charge in [-0.2, -0.15) is 0 Å². The maximum Gasteiger partial charge on any atom is 0.224 e. The summed E-state index contributed by atoms with van der Waals surface area (Å²) in [4.78, 5) is 28.1. The molecule has 0 aromatic heterocycles. The Morgan fingerprint density at radius 3 is 1.23 bits per heavy atom. The predicted octanol–water partition coefficient (Wildman–Crippen LogP) is 6.86. The number of rotatable bonds is 14. The third kappa shape index (κ3) is 7.83. The molecule has 252 valence electrons. The van der Waals surface area contributed by atoms with Crippen LogP contribution in [-0.2, 0) is 22.4 Å². The van der Waals surface area contributed by atoms with Gasteiger partial charge in [0.1, 0.15) is 0 Å². The van der Waals surface area contributed by atoms with Crippen LogP contribution in [0.2, 0.25) is 10.0 Å². The molecular weight excluding hydrogens is 651 g/mol. The molecule has 48 heavy (non-hydrogen) atoms. The lowest BCUT2D eigenvalue weighted by Crippen LogP contribution is -2.56. The molecule has 0 heterocycles. The molecule has 0 radical (unpaired) electrons. The zero-order valence-corrected chi connectivity index (χ0v) is 28.9. The van der Waals surface area contributed by atoms with Gasteiger partial charge >= 0.3 is 0 Å². The molecule has 1 fully saturated rings. The van der Waals surface area contributed by atoms with Crippen LogP contribution >= 0.6 is 23.2 Å². The molecule has 0 unspecified atom stereocenters. The van der Waals surface area contributed by atoms with Gasteiger partial charge in [-0.25, -0.2) is 0 Å². The molecule has 0 saturated heterocycles. The minimum Gasteiger partial charge on any atom is -0.493 e. The Balaban J connectivity index is 1.37. The normalized spacial score (nSPS) is 18.3. The fourth-order valence-corrected chi connectivity index (χ4v) is 6.82. The highest BCUT2D eigenvalue weighted by Crippen LogP contribution is 2.58. The van der Waals surface area contributed by atoms with E-state index in [0.717, 1.165) is 22.3 Å². The Labute approximate surface area is 291 Å². The molecule has 5 rings (SSSR count). The number of halogens is 2. The summed E-state index contributed by atoms with van der Waals surface area (Å²) in [5.41, 5.74) is 3.75. The lowest BCUT2D eigenvalue weighted by molar-refractivity contribution is -0.140. The van der Waals surface area contributed by atoms with Crippen molar-refractivity contribution in [1.29, 1.82) is 0 Å². The Morgan fingerprint density at radius 2 is 0.896 bits per heavy atom. The molecule has 2 amide bonds. The highest BCUT2D eigenvalue weighted by atomic mass is 35.5. The molecule has 2 N–H and O–H groups in total. The molecule has 0 spiro atoms. The molecule has 1 aliphatic rings. The van der Waals surface area contributed by atoms with Gasteiger partial charge in [0.2, 0.25) is 11.8 Å². The van der Waals surface area contributed by atoms with Crippen LogP contribution in [-0.4, -0.2) is 53.3 Å². The highest BCUT2D eigenvalue weighted by molar-refractivity contribution is 6.30.